The highest BCUT2D eigenvalue weighted by molar-refractivity contribution is 5.76. The van der Waals surface area contributed by atoms with E-state index in [1.165, 1.54) is 270 Å². The Balaban J connectivity index is 3.49. The van der Waals surface area contributed by atoms with Crippen LogP contribution in [0, 0.1) is 0 Å². The van der Waals surface area contributed by atoms with E-state index in [2.05, 4.69) is 104 Å². The smallest absolute Gasteiger partial charge is 0.220 e. The van der Waals surface area contributed by atoms with Crippen LogP contribution in [0.5, 0.6) is 0 Å². The first kappa shape index (κ1) is 77.3. The number of aliphatic hydroxyl groups is 2. The van der Waals surface area contributed by atoms with Crippen LogP contribution < -0.4 is 5.32 Å². The number of aliphatic hydroxyl groups excluding tert-OH is 2. The molecule has 0 spiro atoms. The third kappa shape index (κ3) is 66.1. The number of amides is 1. The molecule has 1 amide bonds. The van der Waals surface area contributed by atoms with Crippen LogP contribution in [0.25, 0.3) is 0 Å². The molecule has 0 aliphatic heterocycles. The van der Waals surface area contributed by atoms with Crippen LogP contribution in [0.2, 0.25) is 0 Å². The first-order valence-corrected chi connectivity index (χ1v) is 35.5. The van der Waals surface area contributed by atoms with Gasteiger partial charge >= 0.3 is 0 Å². The van der Waals surface area contributed by atoms with Crippen molar-refractivity contribution in [1.29, 1.82) is 0 Å². The van der Waals surface area contributed by atoms with E-state index in [0.717, 1.165) is 70.6 Å². The van der Waals surface area contributed by atoms with Crippen molar-refractivity contribution >= 4 is 5.91 Å². The molecular formula is C76H137NO3. The van der Waals surface area contributed by atoms with Gasteiger partial charge in [-0.15, -0.1) is 0 Å². The summed E-state index contributed by atoms with van der Waals surface area (Å²) in [5, 5.41) is 23.3. The molecule has 464 valence electrons. The van der Waals surface area contributed by atoms with Crippen molar-refractivity contribution in [3.05, 3.63) is 97.2 Å². The number of hydrogen-bond acceptors (Lipinski definition) is 3. The lowest BCUT2D eigenvalue weighted by Gasteiger charge is -2.19. The van der Waals surface area contributed by atoms with E-state index in [9.17, 15) is 15.0 Å². The fourth-order valence-corrected chi connectivity index (χ4v) is 10.7. The SMILES string of the molecule is CC/C=C\C/C=C\C/C=C\C/C=C\C/C=C\C/C=C\CCCCCCCCCCCCCCCCCCC(=O)NC(CO)C(O)/C=C/CC/C=C/CCCCCCCCCCCCCCCCCCCCCCCCCCCCC. The molecule has 4 nitrogen and oxygen atoms in total. The van der Waals surface area contributed by atoms with E-state index in [0.29, 0.717) is 6.42 Å². The highest BCUT2D eigenvalue weighted by Crippen LogP contribution is 2.18. The summed E-state index contributed by atoms with van der Waals surface area (Å²) in [6.45, 7) is 4.21. The Hall–Kier alpha value is -2.69. The summed E-state index contributed by atoms with van der Waals surface area (Å²) in [7, 11) is 0. The molecule has 0 aliphatic rings. The van der Waals surface area contributed by atoms with Crippen LogP contribution in [-0.4, -0.2) is 34.9 Å². The van der Waals surface area contributed by atoms with Crippen molar-refractivity contribution in [1.82, 2.24) is 5.32 Å². The third-order valence-corrected chi connectivity index (χ3v) is 16.1. The number of carbonyl (C=O) groups excluding carboxylic acids is 1. The molecule has 0 saturated heterocycles. The second-order valence-electron chi connectivity index (χ2n) is 23.9. The van der Waals surface area contributed by atoms with E-state index in [-0.39, 0.29) is 12.5 Å². The van der Waals surface area contributed by atoms with E-state index < -0.39 is 12.1 Å². The monoisotopic (exact) mass is 1110 g/mol. The predicted molar refractivity (Wildman–Crippen MR) is 359 cm³/mol. The molecule has 0 fully saturated rings. The minimum atomic E-state index is -0.869. The van der Waals surface area contributed by atoms with Gasteiger partial charge in [-0.2, -0.15) is 0 Å². The number of nitrogens with one attached hydrogen (secondary N) is 1. The Morgan fingerprint density at radius 3 is 0.875 bits per heavy atom. The summed E-state index contributed by atoms with van der Waals surface area (Å²) >= 11 is 0. The molecule has 0 aromatic rings. The zero-order valence-electron chi connectivity index (χ0n) is 53.6. The second-order valence-corrected chi connectivity index (χ2v) is 23.9. The first-order valence-electron chi connectivity index (χ1n) is 35.5. The van der Waals surface area contributed by atoms with Crippen molar-refractivity contribution in [2.75, 3.05) is 6.61 Å². The lowest BCUT2D eigenvalue weighted by Crippen LogP contribution is -2.45. The number of unbranched alkanes of at least 4 members (excludes halogenated alkanes) is 44. The minimum absolute atomic E-state index is 0.0718. The average Bonchev–Trinajstić information content (AvgIpc) is 3.46. The molecule has 0 bridgehead atoms. The Labute approximate surface area is 500 Å². The normalized spacial score (nSPS) is 13.3. The Morgan fingerprint density at radius 2 is 0.562 bits per heavy atom. The fourth-order valence-electron chi connectivity index (χ4n) is 10.7. The van der Waals surface area contributed by atoms with Gasteiger partial charge in [0.1, 0.15) is 0 Å². The largest absolute Gasteiger partial charge is 0.394 e. The van der Waals surface area contributed by atoms with E-state index in [1.807, 2.05) is 6.08 Å². The summed E-state index contributed by atoms with van der Waals surface area (Å²) in [5.41, 5.74) is 0. The van der Waals surface area contributed by atoms with E-state index in [1.54, 1.807) is 6.08 Å². The molecule has 0 aromatic carbocycles. The standard InChI is InChI=1S/C76H137NO3/c1-3-5-7-9-11-13-15-17-19-21-23-25-27-29-31-33-35-37-38-40-42-44-46-48-50-52-54-56-58-60-62-64-66-68-70-72-76(80)77-74(73-78)75(79)71-69-67-65-63-61-59-57-55-53-51-49-47-45-43-41-39-36-34-32-30-28-26-24-22-20-18-16-14-12-10-8-6-4-2/h5,7,11,13,17,19,23,25,29,31,35,37,61,63,69,71,74-75,78-79H,3-4,6,8-10,12,14-16,18,20-22,24,26-28,30,32-34,36,38-60,62,64-68,70,72-73H2,1-2H3,(H,77,80)/b7-5-,13-11-,19-17-,25-23-,31-29-,37-35-,63-61+,71-69+. The van der Waals surface area contributed by atoms with Gasteiger partial charge in [-0.3, -0.25) is 4.79 Å². The second kappa shape index (κ2) is 70.6. The van der Waals surface area contributed by atoms with Gasteiger partial charge in [-0.1, -0.05) is 368 Å². The Kier molecular flexibility index (Phi) is 68.2. The van der Waals surface area contributed by atoms with Crippen molar-refractivity contribution in [3.8, 4) is 0 Å². The molecular weight excluding hydrogens is 975 g/mol. The molecule has 0 aromatic heterocycles. The summed E-state index contributed by atoms with van der Waals surface area (Å²) in [6.07, 6.45) is 105. The predicted octanol–water partition coefficient (Wildman–Crippen LogP) is 24.4. The summed E-state index contributed by atoms with van der Waals surface area (Å²) in [4.78, 5) is 12.5. The maximum atomic E-state index is 12.5. The van der Waals surface area contributed by atoms with Gasteiger partial charge in [0.2, 0.25) is 5.91 Å². The number of allylic oxidation sites excluding steroid dienone is 15. The van der Waals surface area contributed by atoms with E-state index >= 15 is 0 Å². The highest BCUT2D eigenvalue weighted by atomic mass is 16.3. The molecule has 0 heterocycles. The molecule has 80 heavy (non-hydrogen) atoms. The van der Waals surface area contributed by atoms with Crippen LogP contribution in [-0.2, 0) is 4.79 Å². The highest BCUT2D eigenvalue weighted by Gasteiger charge is 2.18. The number of carbonyl (C=O) groups is 1. The van der Waals surface area contributed by atoms with Gasteiger partial charge < -0.3 is 15.5 Å². The summed E-state index contributed by atoms with van der Waals surface area (Å²) < 4.78 is 0. The van der Waals surface area contributed by atoms with Crippen molar-refractivity contribution in [2.45, 2.75) is 373 Å². The number of rotatable bonds is 65. The lowest BCUT2D eigenvalue weighted by atomic mass is 10.0. The van der Waals surface area contributed by atoms with Crippen molar-refractivity contribution < 1.29 is 15.0 Å². The van der Waals surface area contributed by atoms with Crippen molar-refractivity contribution in [3.63, 3.8) is 0 Å². The molecule has 2 atom stereocenters. The Morgan fingerprint density at radius 1 is 0.312 bits per heavy atom. The molecule has 0 aliphatic carbocycles. The molecule has 4 heteroatoms. The van der Waals surface area contributed by atoms with Gasteiger partial charge in [0.25, 0.3) is 0 Å². The first-order chi connectivity index (χ1) is 39.7. The van der Waals surface area contributed by atoms with Gasteiger partial charge in [-0.25, -0.2) is 0 Å². The van der Waals surface area contributed by atoms with Gasteiger partial charge in [0.15, 0.2) is 0 Å². The van der Waals surface area contributed by atoms with Crippen LogP contribution in [0.15, 0.2) is 97.2 Å². The molecule has 0 saturated carbocycles. The van der Waals surface area contributed by atoms with Crippen LogP contribution in [0.1, 0.15) is 361 Å². The third-order valence-electron chi connectivity index (χ3n) is 16.1. The molecule has 3 N–H and O–H groups in total. The zero-order valence-corrected chi connectivity index (χ0v) is 53.6. The Bertz CT molecular complexity index is 1450. The van der Waals surface area contributed by atoms with E-state index in [4.69, 9.17) is 0 Å². The summed E-state index contributed by atoms with van der Waals surface area (Å²) in [5.74, 6) is -0.0718. The van der Waals surface area contributed by atoms with Crippen LogP contribution in [0.3, 0.4) is 0 Å². The zero-order chi connectivity index (χ0) is 57.6. The topological polar surface area (TPSA) is 69.6 Å². The molecule has 0 radical (unpaired) electrons. The fraction of sp³-hybridized carbons (Fsp3) is 0.776. The quantitative estimate of drug-likeness (QED) is 0.0420. The van der Waals surface area contributed by atoms with Crippen LogP contribution >= 0.6 is 0 Å². The lowest BCUT2D eigenvalue weighted by molar-refractivity contribution is -0.123. The van der Waals surface area contributed by atoms with Gasteiger partial charge in [-0.05, 0) is 83.5 Å². The molecule has 0 rings (SSSR count). The van der Waals surface area contributed by atoms with Gasteiger partial charge in [0, 0.05) is 6.42 Å². The maximum Gasteiger partial charge on any atom is 0.220 e. The van der Waals surface area contributed by atoms with Crippen molar-refractivity contribution in [2.24, 2.45) is 0 Å². The summed E-state index contributed by atoms with van der Waals surface area (Å²) in [6, 6.07) is -0.646. The van der Waals surface area contributed by atoms with Gasteiger partial charge in [0.05, 0.1) is 18.8 Å². The molecule has 2 unspecified atom stereocenters. The van der Waals surface area contributed by atoms with Crippen LogP contribution in [0.4, 0.5) is 0 Å². The minimum Gasteiger partial charge on any atom is -0.394 e. The average molecular weight is 1110 g/mol. The maximum absolute atomic E-state index is 12.5. The number of hydrogen-bond donors (Lipinski definition) is 3.